The van der Waals surface area contributed by atoms with Gasteiger partial charge in [-0.25, -0.2) is 0 Å². The van der Waals surface area contributed by atoms with E-state index in [2.05, 4.69) is 52.8 Å². The first-order valence-electron chi connectivity index (χ1n) is 9.21. The average molecular weight is 370 g/mol. The maximum Gasteiger partial charge on any atom is 0.170 e. The molecule has 1 heterocycles. The average Bonchev–Trinajstić information content (AvgIpc) is 3.16. The number of rotatable bonds is 6. The number of anilines is 2. The van der Waals surface area contributed by atoms with Gasteiger partial charge in [0.25, 0.3) is 0 Å². The van der Waals surface area contributed by atoms with Crippen LogP contribution in [0.2, 0.25) is 0 Å². The summed E-state index contributed by atoms with van der Waals surface area (Å²) < 4.78 is 5.23. The standard InChI is InChI=1S/C21H27N3OS/c1-3-17-6-4-5-7-20(17)23-21(26)22-14-16-12-13-24(15-16)18-8-10-19(25-2)11-9-18/h4-11,16H,3,12-15H2,1-2H3,(H2,22,23,26)/t16-/m1/s1. The van der Waals surface area contributed by atoms with Gasteiger partial charge in [-0.05, 0) is 66.9 Å². The van der Waals surface area contributed by atoms with Crippen molar-refractivity contribution < 1.29 is 4.74 Å². The minimum Gasteiger partial charge on any atom is -0.497 e. The third-order valence-corrected chi connectivity index (χ3v) is 5.17. The molecular weight excluding hydrogens is 342 g/mol. The molecule has 0 radical (unpaired) electrons. The van der Waals surface area contributed by atoms with E-state index in [-0.39, 0.29) is 0 Å². The van der Waals surface area contributed by atoms with Crippen molar-refractivity contribution in [3.8, 4) is 5.75 Å². The Balaban J connectivity index is 1.47. The van der Waals surface area contributed by atoms with Gasteiger partial charge in [-0.1, -0.05) is 25.1 Å². The van der Waals surface area contributed by atoms with E-state index in [1.165, 1.54) is 17.7 Å². The molecule has 0 spiro atoms. The van der Waals surface area contributed by atoms with Crippen LogP contribution in [0.4, 0.5) is 11.4 Å². The van der Waals surface area contributed by atoms with E-state index >= 15 is 0 Å². The lowest BCUT2D eigenvalue weighted by Gasteiger charge is -2.20. The third-order valence-electron chi connectivity index (χ3n) is 4.92. The van der Waals surface area contributed by atoms with E-state index in [9.17, 15) is 0 Å². The lowest BCUT2D eigenvalue weighted by Crippen LogP contribution is -2.34. The predicted octanol–water partition coefficient (Wildman–Crippen LogP) is 4.07. The fraction of sp³-hybridized carbons (Fsp3) is 0.381. The Hall–Kier alpha value is -2.27. The second kappa shape index (κ2) is 8.90. The van der Waals surface area contributed by atoms with Gasteiger partial charge in [0.15, 0.2) is 5.11 Å². The molecule has 2 N–H and O–H groups in total. The van der Waals surface area contributed by atoms with Crippen molar-refractivity contribution in [2.45, 2.75) is 19.8 Å². The van der Waals surface area contributed by atoms with Gasteiger partial charge in [0.2, 0.25) is 0 Å². The Bertz CT molecular complexity index is 732. The lowest BCUT2D eigenvalue weighted by atomic mass is 10.1. The van der Waals surface area contributed by atoms with Gasteiger partial charge >= 0.3 is 0 Å². The molecule has 5 heteroatoms. The third kappa shape index (κ3) is 4.67. The monoisotopic (exact) mass is 369 g/mol. The summed E-state index contributed by atoms with van der Waals surface area (Å²) in [5.41, 5.74) is 3.63. The number of hydrogen-bond acceptors (Lipinski definition) is 3. The molecule has 1 fully saturated rings. The van der Waals surface area contributed by atoms with E-state index in [1.54, 1.807) is 7.11 Å². The quantitative estimate of drug-likeness (QED) is 0.751. The van der Waals surface area contributed by atoms with Crippen molar-refractivity contribution in [3.63, 3.8) is 0 Å². The largest absolute Gasteiger partial charge is 0.497 e. The normalized spacial score (nSPS) is 16.4. The van der Waals surface area contributed by atoms with Crippen LogP contribution in [0.1, 0.15) is 18.9 Å². The lowest BCUT2D eigenvalue weighted by molar-refractivity contribution is 0.415. The summed E-state index contributed by atoms with van der Waals surface area (Å²) in [4.78, 5) is 2.43. The Morgan fingerprint density at radius 3 is 2.69 bits per heavy atom. The van der Waals surface area contributed by atoms with Gasteiger partial charge in [-0.15, -0.1) is 0 Å². The number of benzene rings is 2. The summed E-state index contributed by atoms with van der Waals surface area (Å²) >= 11 is 5.48. The molecule has 1 aliphatic rings. The van der Waals surface area contributed by atoms with Gasteiger partial charge in [-0.3, -0.25) is 0 Å². The van der Waals surface area contributed by atoms with Gasteiger partial charge in [-0.2, -0.15) is 0 Å². The fourth-order valence-corrected chi connectivity index (χ4v) is 3.57. The smallest absolute Gasteiger partial charge is 0.170 e. The van der Waals surface area contributed by atoms with Crippen LogP contribution in [-0.2, 0) is 6.42 Å². The van der Waals surface area contributed by atoms with E-state index in [0.29, 0.717) is 11.0 Å². The number of aryl methyl sites for hydroxylation is 1. The molecule has 3 rings (SSSR count). The molecule has 2 aromatic carbocycles. The number of para-hydroxylation sites is 1. The molecule has 26 heavy (non-hydrogen) atoms. The molecule has 0 amide bonds. The number of nitrogens with one attached hydrogen (secondary N) is 2. The van der Waals surface area contributed by atoms with E-state index in [1.807, 2.05) is 18.2 Å². The van der Waals surface area contributed by atoms with Crippen LogP contribution >= 0.6 is 12.2 Å². The van der Waals surface area contributed by atoms with Crippen molar-refractivity contribution in [2.75, 3.05) is 37.0 Å². The molecule has 0 aromatic heterocycles. The zero-order chi connectivity index (χ0) is 18.4. The Kier molecular flexibility index (Phi) is 6.34. The van der Waals surface area contributed by atoms with Gasteiger partial charge in [0.05, 0.1) is 7.11 Å². The molecule has 0 aliphatic carbocycles. The molecule has 1 aliphatic heterocycles. The van der Waals surface area contributed by atoms with Crippen molar-refractivity contribution in [3.05, 3.63) is 54.1 Å². The van der Waals surface area contributed by atoms with Crippen molar-refractivity contribution in [1.29, 1.82) is 0 Å². The summed E-state index contributed by atoms with van der Waals surface area (Å²) in [6.07, 6.45) is 2.17. The molecular formula is C21H27N3OS. The highest BCUT2D eigenvalue weighted by Gasteiger charge is 2.22. The second-order valence-electron chi connectivity index (χ2n) is 6.64. The van der Waals surface area contributed by atoms with Crippen LogP contribution in [0.5, 0.6) is 5.75 Å². The van der Waals surface area contributed by atoms with Crippen molar-refractivity contribution >= 4 is 28.7 Å². The van der Waals surface area contributed by atoms with Crippen LogP contribution < -0.4 is 20.3 Å². The van der Waals surface area contributed by atoms with Gasteiger partial charge in [0.1, 0.15) is 5.75 Å². The Labute approximate surface area is 161 Å². The van der Waals surface area contributed by atoms with Gasteiger partial charge < -0.3 is 20.3 Å². The summed E-state index contributed by atoms with van der Waals surface area (Å²) in [5.74, 6) is 1.49. The topological polar surface area (TPSA) is 36.5 Å². The molecule has 0 bridgehead atoms. The molecule has 1 atom stereocenters. The predicted molar refractivity (Wildman–Crippen MR) is 113 cm³/mol. The van der Waals surface area contributed by atoms with Crippen LogP contribution in [-0.4, -0.2) is 31.9 Å². The minimum absolute atomic E-state index is 0.596. The van der Waals surface area contributed by atoms with E-state index in [0.717, 1.165) is 37.5 Å². The first-order chi connectivity index (χ1) is 12.7. The zero-order valence-corrected chi connectivity index (χ0v) is 16.3. The van der Waals surface area contributed by atoms with E-state index < -0.39 is 0 Å². The first kappa shape index (κ1) is 18.5. The van der Waals surface area contributed by atoms with Crippen molar-refractivity contribution in [1.82, 2.24) is 5.32 Å². The number of ether oxygens (including phenoxy) is 1. The SMILES string of the molecule is CCc1ccccc1NC(=S)NC[C@H]1CCN(c2ccc(OC)cc2)C1. The highest BCUT2D eigenvalue weighted by Crippen LogP contribution is 2.25. The molecule has 0 unspecified atom stereocenters. The number of thiocarbonyl (C=S) groups is 1. The molecule has 1 saturated heterocycles. The zero-order valence-electron chi connectivity index (χ0n) is 15.5. The molecule has 138 valence electrons. The van der Waals surface area contributed by atoms with Crippen molar-refractivity contribution in [2.24, 2.45) is 5.92 Å². The van der Waals surface area contributed by atoms with Crippen LogP contribution in [0.15, 0.2) is 48.5 Å². The van der Waals surface area contributed by atoms with Crippen LogP contribution in [0, 0.1) is 5.92 Å². The maximum absolute atomic E-state index is 5.48. The summed E-state index contributed by atoms with van der Waals surface area (Å²) in [6.45, 7) is 5.18. The Morgan fingerprint density at radius 2 is 1.96 bits per heavy atom. The maximum atomic E-state index is 5.48. The highest BCUT2D eigenvalue weighted by atomic mass is 32.1. The molecule has 4 nitrogen and oxygen atoms in total. The number of nitrogens with zero attached hydrogens (tertiary/aromatic N) is 1. The minimum atomic E-state index is 0.596. The second-order valence-corrected chi connectivity index (χ2v) is 7.05. The number of hydrogen-bond donors (Lipinski definition) is 2. The number of methoxy groups -OCH3 is 1. The summed E-state index contributed by atoms with van der Waals surface area (Å²) in [7, 11) is 1.70. The summed E-state index contributed by atoms with van der Waals surface area (Å²) in [5, 5.41) is 7.42. The van der Waals surface area contributed by atoms with E-state index in [4.69, 9.17) is 17.0 Å². The van der Waals surface area contributed by atoms with Crippen LogP contribution in [0.25, 0.3) is 0 Å². The molecule has 0 saturated carbocycles. The Morgan fingerprint density at radius 1 is 1.19 bits per heavy atom. The molecule has 2 aromatic rings. The summed E-state index contributed by atoms with van der Waals surface area (Å²) in [6, 6.07) is 16.6. The van der Waals surface area contributed by atoms with Crippen LogP contribution in [0.3, 0.4) is 0 Å². The highest BCUT2D eigenvalue weighted by molar-refractivity contribution is 7.80. The van der Waals surface area contributed by atoms with Gasteiger partial charge in [0, 0.05) is 31.0 Å². The fourth-order valence-electron chi connectivity index (χ4n) is 3.38. The first-order valence-corrected chi connectivity index (χ1v) is 9.62.